The van der Waals surface area contributed by atoms with Gasteiger partial charge in [-0.3, -0.25) is 0 Å². The summed E-state index contributed by atoms with van der Waals surface area (Å²) < 4.78 is 5.68. The molecular formula is C11H23NOS. The van der Waals surface area contributed by atoms with E-state index in [0.717, 1.165) is 25.9 Å². The molecule has 0 fully saturated rings. The Bertz CT molecular complexity index is 150. The van der Waals surface area contributed by atoms with Gasteiger partial charge in [-0.1, -0.05) is 45.3 Å². The average Bonchev–Trinajstić information content (AvgIpc) is 2.15. The van der Waals surface area contributed by atoms with Crippen molar-refractivity contribution >= 4 is 17.2 Å². The smallest absolute Gasteiger partial charge is 0.0753 e. The van der Waals surface area contributed by atoms with Crippen molar-refractivity contribution in [3.63, 3.8) is 0 Å². The summed E-state index contributed by atoms with van der Waals surface area (Å²) in [6.45, 7) is 5.17. The SMILES string of the molecule is CCCCCCOC(CC)CC(N)=S. The van der Waals surface area contributed by atoms with Gasteiger partial charge >= 0.3 is 0 Å². The van der Waals surface area contributed by atoms with Gasteiger partial charge in [-0.05, 0) is 12.8 Å². The van der Waals surface area contributed by atoms with Crippen molar-refractivity contribution in [2.24, 2.45) is 5.73 Å². The first-order valence-corrected chi connectivity index (χ1v) is 6.01. The molecule has 0 aromatic rings. The maximum absolute atomic E-state index is 5.68. The van der Waals surface area contributed by atoms with E-state index in [1.165, 1.54) is 19.3 Å². The predicted octanol–water partition coefficient (Wildman–Crippen LogP) is 3.04. The molecule has 0 aliphatic heterocycles. The highest BCUT2D eigenvalue weighted by Gasteiger charge is 2.07. The highest BCUT2D eigenvalue weighted by atomic mass is 32.1. The van der Waals surface area contributed by atoms with Crippen LogP contribution in [-0.4, -0.2) is 17.7 Å². The van der Waals surface area contributed by atoms with Crippen LogP contribution in [-0.2, 0) is 4.74 Å². The second-order valence-electron chi connectivity index (χ2n) is 3.63. The Kier molecular flexibility index (Phi) is 9.31. The molecule has 0 aromatic carbocycles. The van der Waals surface area contributed by atoms with Gasteiger partial charge in [0.05, 0.1) is 11.1 Å². The molecule has 0 aromatic heterocycles. The maximum atomic E-state index is 5.68. The van der Waals surface area contributed by atoms with Crippen LogP contribution in [0.1, 0.15) is 52.4 Å². The van der Waals surface area contributed by atoms with Gasteiger partial charge in [0.25, 0.3) is 0 Å². The van der Waals surface area contributed by atoms with Crippen LogP contribution in [0.3, 0.4) is 0 Å². The van der Waals surface area contributed by atoms with E-state index in [2.05, 4.69) is 13.8 Å². The molecule has 1 atom stereocenters. The zero-order valence-electron chi connectivity index (χ0n) is 9.42. The molecule has 2 nitrogen and oxygen atoms in total. The Balaban J connectivity index is 3.38. The Morgan fingerprint density at radius 2 is 2.00 bits per heavy atom. The summed E-state index contributed by atoms with van der Waals surface area (Å²) >= 11 is 4.86. The van der Waals surface area contributed by atoms with E-state index in [0.29, 0.717) is 4.99 Å². The lowest BCUT2D eigenvalue weighted by atomic mass is 10.2. The summed E-state index contributed by atoms with van der Waals surface area (Å²) in [7, 11) is 0. The van der Waals surface area contributed by atoms with E-state index in [-0.39, 0.29) is 6.10 Å². The first-order valence-electron chi connectivity index (χ1n) is 5.60. The van der Waals surface area contributed by atoms with Crippen molar-refractivity contribution in [2.45, 2.75) is 58.5 Å². The van der Waals surface area contributed by atoms with Crippen LogP contribution in [0.15, 0.2) is 0 Å². The van der Waals surface area contributed by atoms with Crippen LogP contribution in [0.2, 0.25) is 0 Å². The molecule has 0 aliphatic carbocycles. The van der Waals surface area contributed by atoms with Gasteiger partial charge in [0, 0.05) is 13.0 Å². The molecule has 0 saturated carbocycles. The number of thiocarbonyl (C=S) groups is 1. The minimum atomic E-state index is 0.231. The van der Waals surface area contributed by atoms with Crippen LogP contribution in [0, 0.1) is 0 Å². The van der Waals surface area contributed by atoms with E-state index >= 15 is 0 Å². The summed E-state index contributed by atoms with van der Waals surface area (Å²) in [5.41, 5.74) is 5.47. The standard InChI is InChI=1S/C11H23NOS/c1-3-5-6-7-8-13-10(4-2)9-11(12)14/h10H,3-9H2,1-2H3,(H2,12,14). The van der Waals surface area contributed by atoms with Gasteiger partial charge in [0.1, 0.15) is 0 Å². The topological polar surface area (TPSA) is 35.2 Å². The number of hydrogen-bond donors (Lipinski definition) is 1. The average molecular weight is 217 g/mol. The number of rotatable bonds is 9. The lowest BCUT2D eigenvalue weighted by Crippen LogP contribution is -2.21. The van der Waals surface area contributed by atoms with Crippen LogP contribution in [0.25, 0.3) is 0 Å². The molecule has 0 aliphatic rings. The largest absolute Gasteiger partial charge is 0.393 e. The Morgan fingerprint density at radius 3 is 2.50 bits per heavy atom. The highest BCUT2D eigenvalue weighted by Crippen LogP contribution is 2.06. The molecule has 0 bridgehead atoms. The molecular weight excluding hydrogens is 194 g/mol. The molecule has 14 heavy (non-hydrogen) atoms. The van der Waals surface area contributed by atoms with Crippen molar-refractivity contribution in [1.82, 2.24) is 0 Å². The number of ether oxygens (including phenoxy) is 1. The monoisotopic (exact) mass is 217 g/mol. The first-order chi connectivity index (χ1) is 6.70. The van der Waals surface area contributed by atoms with Crippen molar-refractivity contribution in [3.8, 4) is 0 Å². The minimum Gasteiger partial charge on any atom is -0.393 e. The molecule has 0 heterocycles. The van der Waals surface area contributed by atoms with Crippen molar-refractivity contribution in [1.29, 1.82) is 0 Å². The molecule has 0 spiro atoms. The Morgan fingerprint density at radius 1 is 1.29 bits per heavy atom. The zero-order chi connectivity index (χ0) is 10.8. The van der Waals surface area contributed by atoms with Crippen molar-refractivity contribution in [2.75, 3.05) is 6.61 Å². The van der Waals surface area contributed by atoms with Crippen molar-refractivity contribution in [3.05, 3.63) is 0 Å². The summed E-state index contributed by atoms with van der Waals surface area (Å²) in [6, 6.07) is 0. The molecule has 0 rings (SSSR count). The van der Waals surface area contributed by atoms with Crippen LogP contribution in [0.5, 0.6) is 0 Å². The van der Waals surface area contributed by atoms with E-state index in [4.69, 9.17) is 22.7 Å². The fourth-order valence-corrected chi connectivity index (χ4v) is 1.51. The summed E-state index contributed by atoms with van der Waals surface area (Å²) in [5, 5.41) is 0. The third-order valence-electron chi connectivity index (χ3n) is 2.24. The second kappa shape index (κ2) is 9.41. The van der Waals surface area contributed by atoms with E-state index in [1.807, 2.05) is 0 Å². The Labute approximate surface area is 93.2 Å². The molecule has 2 N–H and O–H groups in total. The molecule has 0 saturated heterocycles. The van der Waals surface area contributed by atoms with Gasteiger partial charge < -0.3 is 10.5 Å². The number of hydrogen-bond acceptors (Lipinski definition) is 2. The zero-order valence-corrected chi connectivity index (χ0v) is 10.2. The van der Waals surface area contributed by atoms with E-state index in [1.54, 1.807) is 0 Å². The van der Waals surface area contributed by atoms with Gasteiger partial charge in [-0.15, -0.1) is 0 Å². The lowest BCUT2D eigenvalue weighted by Gasteiger charge is -2.14. The highest BCUT2D eigenvalue weighted by molar-refractivity contribution is 7.80. The second-order valence-corrected chi connectivity index (χ2v) is 4.16. The molecule has 1 unspecified atom stereocenters. The van der Waals surface area contributed by atoms with Gasteiger partial charge in [0.2, 0.25) is 0 Å². The van der Waals surface area contributed by atoms with Gasteiger partial charge in [0.15, 0.2) is 0 Å². The summed E-state index contributed by atoms with van der Waals surface area (Å²) in [6.07, 6.45) is 6.93. The van der Waals surface area contributed by atoms with Crippen LogP contribution < -0.4 is 5.73 Å². The predicted molar refractivity (Wildman–Crippen MR) is 65.6 cm³/mol. The Hall–Kier alpha value is -0.150. The molecule has 3 heteroatoms. The van der Waals surface area contributed by atoms with Crippen molar-refractivity contribution < 1.29 is 4.74 Å². The van der Waals surface area contributed by atoms with Crippen LogP contribution >= 0.6 is 12.2 Å². The molecule has 84 valence electrons. The first kappa shape index (κ1) is 13.8. The minimum absolute atomic E-state index is 0.231. The fraction of sp³-hybridized carbons (Fsp3) is 0.909. The summed E-state index contributed by atoms with van der Waals surface area (Å²) in [5.74, 6) is 0. The third-order valence-corrected chi connectivity index (χ3v) is 2.40. The van der Waals surface area contributed by atoms with Gasteiger partial charge in [-0.2, -0.15) is 0 Å². The molecule has 0 radical (unpaired) electrons. The van der Waals surface area contributed by atoms with Gasteiger partial charge in [-0.25, -0.2) is 0 Å². The maximum Gasteiger partial charge on any atom is 0.0753 e. The van der Waals surface area contributed by atoms with E-state index < -0.39 is 0 Å². The van der Waals surface area contributed by atoms with E-state index in [9.17, 15) is 0 Å². The third kappa shape index (κ3) is 8.45. The lowest BCUT2D eigenvalue weighted by molar-refractivity contribution is 0.0532. The molecule has 0 amide bonds. The van der Waals surface area contributed by atoms with Crippen LogP contribution in [0.4, 0.5) is 0 Å². The number of nitrogens with two attached hydrogens (primary N) is 1. The summed E-state index contributed by atoms with van der Waals surface area (Å²) in [4.78, 5) is 0.561. The number of unbranched alkanes of at least 4 members (excludes halogenated alkanes) is 3. The fourth-order valence-electron chi connectivity index (χ4n) is 1.32. The quantitative estimate of drug-likeness (QED) is 0.476. The normalized spacial score (nSPS) is 12.7.